The lowest BCUT2D eigenvalue weighted by Crippen LogP contribution is -2.61. The van der Waals surface area contributed by atoms with Crippen LogP contribution in [-0.4, -0.2) is 12.3 Å². The summed E-state index contributed by atoms with van der Waals surface area (Å²) < 4.78 is 0. The first kappa shape index (κ1) is 45.4. The van der Waals surface area contributed by atoms with Crippen LogP contribution in [0.4, 0.5) is 45.5 Å². The number of hydrogen-bond acceptors (Lipinski definition) is 3. The third kappa shape index (κ3) is 6.97. The zero-order chi connectivity index (χ0) is 48.6. The van der Waals surface area contributed by atoms with Crippen LogP contribution >= 0.6 is 0 Å². The quantitative estimate of drug-likeness (QED) is 0.163. The summed E-state index contributed by atoms with van der Waals surface area (Å²) in [7, 11) is 0. The van der Waals surface area contributed by atoms with Crippen molar-refractivity contribution in [3.05, 3.63) is 185 Å². The van der Waals surface area contributed by atoms with Crippen molar-refractivity contribution in [2.45, 2.75) is 148 Å². The fourth-order valence-electron chi connectivity index (χ4n) is 12.9. The Hall–Kier alpha value is -6.00. The van der Waals surface area contributed by atoms with E-state index in [1.165, 1.54) is 108 Å². The van der Waals surface area contributed by atoms with Crippen molar-refractivity contribution in [2.75, 3.05) is 14.7 Å². The van der Waals surface area contributed by atoms with Crippen molar-refractivity contribution in [3.63, 3.8) is 0 Å². The predicted molar refractivity (Wildman–Crippen MR) is 298 cm³/mol. The first-order valence-electron chi connectivity index (χ1n) is 25.8. The van der Waals surface area contributed by atoms with Gasteiger partial charge in [0.15, 0.2) is 0 Å². The zero-order valence-corrected chi connectivity index (χ0v) is 43.7. The third-order valence-electron chi connectivity index (χ3n) is 16.8. The van der Waals surface area contributed by atoms with Gasteiger partial charge in [0.25, 0.3) is 6.71 Å². The lowest BCUT2D eigenvalue weighted by molar-refractivity contribution is 0.215. The van der Waals surface area contributed by atoms with Gasteiger partial charge in [0.1, 0.15) is 0 Å². The fourth-order valence-corrected chi connectivity index (χ4v) is 12.9. The molecule has 7 aromatic carbocycles. The maximum absolute atomic E-state index is 2.77. The molecular formula is C65H72BN3. The van der Waals surface area contributed by atoms with Crippen LogP contribution in [0.1, 0.15) is 149 Å². The second-order valence-corrected chi connectivity index (χ2v) is 25.3. The van der Waals surface area contributed by atoms with Crippen molar-refractivity contribution in [1.29, 1.82) is 0 Å². The summed E-state index contributed by atoms with van der Waals surface area (Å²) in [6.45, 7) is 30.7. The van der Waals surface area contributed by atoms with Crippen molar-refractivity contribution >= 4 is 68.6 Å². The van der Waals surface area contributed by atoms with Crippen LogP contribution in [0.15, 0.2) is 152 Å². The van der Waals surface area contributed by atoms with E-state index in [1.54, 1.807) is 0 Å². The van der Waals surface area contributed by atoms with E-state index >= 15 is 0 Å². The number of para-hydroxylation sites is 1. The SMILES string of the molecule is CC(C)(C)c1ccc(N2c3cc(N4c5ccccc5C5(c6ccccc6)CCCCC45C)ccc3B3c4ccc(C(C)(C)C)cc4N(c4cccc(C(C)(C)C)c4)c4cc(C(C)(C)C)cc2c43)cc1. The monoisotopic (exact) mass is 906 g/mol. The molecule has 4 aliphatic rings. The first-order chi connectivity index (χ1) is 32.6. The van der Waals surface area contributed by atoms with Crippen molar-refractivity contribution in [1.82, 2.24) is 0 Å². The topological polar surface area (TPSA) is 9.72 Å². The summed E-state index contributed by atoms with van der Waals surface area (Å²) in [5, 5.41) is 0. The molecule has 0 saturated heterocycles. The van der Waals surface area contributed by atoms with Gasteiger partial charge in [-0.25, -0.2) is 0 Å². The molecule has 69 heavy (non-hydrogen) atoms. The molecule has 3 heterocycles. The number of nitrogens with zero attached hydrogens (tertiary/aromatic N) is 3. The van der Waals surface area contributed by atoms with Crippen LogP contribution in [-0.2, 0) is 27.1 Å². The molecular weight excluding hydrogens is 834 g/mol. The molecule has 2 atom stereocenters. The third-order valence-corrected chi connectivity index (χ3v) is 16.8. The van der Waals surface area contributed by atoms with Crippen LogP contribution in [0.25, 0.3) is 0 Å². The highest BCUT2D eigenvalue weighted by atomic mass is 15.3. The van der Waals surface area contributed by atoms with Gasteiger partial charge in [-0.15, -0.1) is 0 Å². The second kappa shape index (κ2) is 15.5. The van der Waals surface area contributed by atoms with Crippen LogP contribution in [0, 0.1) is 0 Å². The molecule has 350 valence electrons. The molecule has 11 rings (SSSR count). The van der Waals surface area contributed by atoms with Gasteiger partial charge < -0.3 is 14.7 Å². The van der Waals surface area contributed by atoms with Crippen molar-refractivity contribution in [3.8, 4) is 0 Å². The normalized spacial score (nSPS) is 19.7. The van der Waals surface area contributed by atoms with E-state index in [-0.39, 0.29) is 39.3 Å². The molecule has 0 aromatic heterocycles. The molecule has 3 aliphatic heterocycles. The number of anilines is 8. The molecule has 3 nitrogen and oxygen atoms in total. The Morgan fingerprint density at radius 1 is 0.406 bits per heavy atom. The van der Waals surface area contributed by atoms with Gasteiger partial charge in [-0.3, -0.25) is 0 Å². The molecule has 0 N–H and O–H groups in total. The highest BCUT2D eigenvalue weighted by molar-refractivity contribution is 7.00. The van der Waals surface area contributed by atoms with Gasteiger partial charge in [0.2, 0.25) is 0 Å². The van der Waals surface area contributed by atoms with Gasteiger partial charge in [0.05, 0.1) is 5.54 Å². The summed E-state index contributed by atoms with van der Waals surface area (Å²) in [4.78, 5) is 8.04. The molecule has 0 spiro atoms. The number of benzene rings is 7. The van der Waals surface area contributed by atoms with E-state index < -0.39 is 0 Å². The summed E-state index contributed by atoms with van der Waals surface area (Å²) in [6.07, 6.45) is 4.68. The Kier molecular flexibility index (Phi) is 10.2. The smallest absolute Gasteiger partial charge is 0.252 e. The van der Waals surface area contributed by atoms with E-state index in [9.17, 15) is 0 Å². The number of rotatable bonds is 4. The molecule has 4 heteroatoms. The Labute approximate surface area is 414 Å². The van der Waals surface area contributed by atoms with Crippen LogP contribution in [0.2, 0.25) is 0 Å². The van der Waals surface area contributed by atoms with E-state index in [0.717, 1.165) is 12.8 Å². The Balaban J connectivity index is 1.22. The maximum atomic E-state index is 2.77. The highest BCUT2D eigenvalue weighted by Gasteiger charge is 2.61. The number of fused-ring (bicyclic) bond motifs is 7. The van der Waals surface area contributed by atoms with Crippen LogP contribution in [0.5, 0.6) is 0 Å². The Morgan fingerprint density at radius 2 is 0.928 bits per heavy atom. The lowest BCUT2D eigenvalue weighted by atomic mass is 9.33. The molecule has 1 fully saturated rings. The summed E-state index contributed by atoms with van der Waals surface area (Å²) >= 11 is 0. The maximum Gasteiger partial charge on any atom is 0.252 e. The first-order valence-corrected chi connectivity index (χ1v) is 25.8. The van der Waals surface area contributed by atoms with Gasteiger partial charge in [-0.1, -0.05) is 187 Å². The van der Waals surface area contributed by atoms with E-state index in [2.05, 4.69) is 256 Å². The highest BCUT2D eigenvalue weighted by Crippen LogP contribution is 2.64. The van der Waals surface area contributed by atoms with Crippen LogP contribution in [0.3, 0.4) is 0 Å². The fraction of sp³-hybridized carbons (Fsp3) is 0.354. The molecule has 7 aromatic rings. The minimum absolute atomic E-state index is 0.00488. The van der Waals surface area contributed by atoms with Crippen molar-refractivity contribution < 1.29 is 0 Å². The molecule has 1 aliphatic carbocycles. The number of hydrogen-bond donors (Lipinski definition) is 0. The molecule has 0 radical (unpaired) electrons. The summed E-state index contributed by atoms with van der Waals surface area (Å²) in [5.41, 5.74) is 21.9. The van der Waals surface area contributed by atoms with Gasteiger partial charge in [-0.2, -0.15) is 0 Å². The molecule has 0 amide bonds. The Bertz CT molecular complexity index is 3140. The summed E-state index contributed by atoms with van der Waals surface area (Å²) in [6, 6.07) is 59.8. The average molecular weight is 906 g/mol. The summed E-state index contributed by atoms with van der Waals surface area (Å²) in [5.74, 6) is 0. The molecule has 0 bridgehead atoms. The Morgan fingerprint density at radius 3 is 1.58 bits per heavy atom. The lowest BCUT2D eigenvalue weighted by Gasteiger charge is -2.52. The largest absolute Gasteiger partial charge is 0.334 e. The van der Waals surface area contributed by atoms with E-state index in [1.807, 2.05) is 0 Å². The van der Waals surface area contributed by atoms with E-state index in [4.69, 9.17) is 0 Å². The van der Waals surface area contributed by atoms with Gasteiger partial charge >= 0.3 is 0 Å². The zero-order valence-electron chi connectivity index (χ0n) is 43.7. The van der Waals surface area contributed by atoms with Gasteiger partial charge in [0, 0.05) is 50.9 Å². The standard InChI is InChI=1S/C65H72BN3/c1-60(2,3)43-28-31-48(32-29-43)67-56-42-50(69-54-27-18-17-26-51(54)65(44-22-15-14-16-23-44)37-20-19-36-64(65,69)13)33-35-53(56)66-52-34-30-46(62(7,8)9)39-55(52)68(49-25-21-24-45(38-49)61(4,5)6)58-41-47(63(10,11)12)40-57(67)59(58)66/h14-18,21-35,38-42H,19-20,36-37H2,1-13H3. The predicted octanol–water partition coefficient (Wildman–Crippen LogP) is 15.7. The van der Waals surface area contributed by atoms with Gasteiger partial charge in [-0.05, 0) is 152 Å². The minimum Gasteiger partial charge on any atom is -0.334 e. The van der Waals surface area contributed by atoms with Crippen LogP contribution < -0.4 is 31.1 Å². The van der Waals surface area contributed by atoms with Crippen molar-refractivity contribution in [2.24, 2.45) is 0 Å². The molecule has 2 unspecified atom stereocenters. The molecule has 1 saturated carbocycles. The minimum atomic E-state index is -0.175. The average Bonchev–Trinajstić information content (AvgIpc) is 3.55. The second-order valence-electron chi connectivity index (χ2n) is 25.3. The van der Waals surface area contributed by atoms with E-state index in [0.29, 0.717) is 0 Å².